The predicted molar refractivity (Wildman–Crippen MR) is 118 cm³/mol. The summed E-state index contributed by atoms with van der Waals surface area (Å²) in [5, 5.41) is 11.0. The van der Waals surface area contributed by atoms with Crippen LogP contribution >= 0.6 is 12.4 Å². The molecule has 0 saturated carbocycles. The van der Waals surface area contributed by atoms with E-state index in [9.17, 15) is 4.79 Å². The van der Waals surface area contributed by atoms with Crippen LogP contribution in [0.25, 0.3) is 16.9 Å². The van der Waals surface area contributed by atoms with Gasteiger partial charge < -0.3 is 20.1 Å². The van der Waals surface area contributed by atoms with Gasteiger partial charge in [0.1, 0.15) is 17.2 Å². The second-order valence-corrected chi connectivity index (χ2v) is 6.97. The number of rotatable bonds is 7. The van der Waals surface area contributed by atoms with Crippen molar-refractivity contribution in [1.29, 1.82) is 0 Å². The Hall–Kier alpha value is -3.03. The molecule has 2 heterocycles. The van der Waals surface area contributed by atoms with Crippen LogP contribution in [0.3, 0.4) is 0 Å². The first-order valence-corrected chi connectivity index (χ1v) is 9.56. The Kier molecular flexibility index (Phi) is 6.97. The molecular weight excluding hydrogens is 404 g/mol. The van der Waals surface area contributed by atoms with Crippen LogP contribution in [0, 0.1) is 5.92 Å². The van der Waals surface area contributed by atoms with Crippen LogP contribution in [0.1, 0.15) is 10.4 Å². The Morgan fingerprint density at radius 1 is 1.17 bits per heavy atom. The first kappa shape index (κ1) is 21.7. The molecule has 0 aliphatic carbocycles. The van der Waals surface area contributed by atoms with Crippen molar-refractivity contribution in [2.75, 3.05) is 33.9 Å². The van der Waals surface area contributed by atoms with Crippen LogP contribution in [0.15, 0.2) is 54.7 Å². The molecule has 1 aliphatic rings. The van der Waals surface area contributed by atoms with Gasteiger partial charge in [-0.15, -0.1) is 12.4 Å². The van der Waals surface area contributed by atoms with Gasteiger partial charge in [-0.1, -0.05) is 18.2 Å². The molecule has 30 heavy (non-hydrogen) atoms. The molecule has 0 unspecified atom stereocenters. The molecule has 3 aromatic rings. The van der Waals surface area contributed by atoms with Crippen molar-refractivity contribution >= 4 is 18.3 Å². The maximum Gasteiger partial charge on any atom is 0.255 e. The van der Waals surface area contributed by atoms with Crippen molar-refractivity contribution in [3.8, 4) is 28.4 Å². The number of hydrogen-bond donors (Lipinski definition) is 2. The first-order valence-electron chi connectivity index (χ1n) is 9.56. The lowest BCUT2D eigenvalue weighted by Gasteiger charge is -2.27. The van der Waals surface area contributed by atoms with Crippen LogP contribution < -0.4 is 20.1 Å². The van der Waals surface area contributed by atoms with Gasteiger partial charge in [0, 0.05) is 37.3 Å². The predicted octanol–water partition coefficient (Wildman–Crippen LogP) is 2.93. The molecule has 0 bridgehead atoms. The molecule has 0 atom stereocenters. The maximum atomic E-state index is 13.0. The molecule has 0 spiro atoms. The second-order valence-electron chi connectivity index (χ2n) is 6.97. The van der Waals surface area contributed by atoms with Crippen molar-refractivity contribution < 1.29 is 14.3 Å². The van der Waals surface area contributed by atoms with E-state index in [2.05, 4.69) is 10.6 Å². The van der Waals surface area contributed by atoms with Gasteiger partial charge in [0.25, 0.3) is 5.91 Å². The van der Waals surface area contributed by atoms with E-state index in [4.69, 9.17) is 14.6 Å². The monoisotopic (exact) mass is 428 g/mol. The summed E-state index contributed by atoms with van der Waals surface area (Å²) in [5.74, 6) is 1.61. The Morgan fingerprint density at radius 3 is 2.57 bits per heavy atom. The molecule has 1 amide bonds. The van der Waals surface area contributed by atoms with Crippen LogP contribution in [-0.2, 0) is 0 Å². The highest BCUT2D eigenvalue weighted by Crippen LogP contribution is 2.35. The summed E-state index contributed by atoms with van der Waals surface area (Å²) in [6, 6.07) is 15.2. The topological polar surface area (TPSA) is 77.4 Å². The number of halogens is 1. The fourth-order valence-corrected chi connectivity index (χ4v) is 3.28. The van der Waals surface area contributed by atoms with Crippen LogP contribution in [0.4, 0.5) is 0 Å². The summed E-state index contributed by atoms with van der Waals surface area (Å²) in [6.07, 6.45) is 1.76. The van der Waals surface area contributed by atoms with Crippen molar-refractivity contribution in [2.24, 2.45) is 5.92 Å². The molecule has 4 rings (SSSR count). The van der Waals surface area contributed by atoms with E-state index in [0.717, 1.165) is 18.8 Å². The number of nitrogens with zero attached hydrogens (tertiary/aromatic N) is 2. The second kappa shape index (κ2) is 9.65. The van der Waals surface area contributed by atoms with Gasteiger partial charge in [-0.25, -0.2) is 4.68 Å². The number of ether oxygens (including phenoxy) is 2. The van der Waals surface area contributed by atoms with Crippen LogP contribution in [0.5, 0.6) is 11.5 Å². The highest BCUT2D eigenvalue weighted by molar-refractivity contribution is 6.00. The Bertz CT molecular complexity index is 1000. The number of carbonyl (C=O) groups excluding carboxylic acids is 1. The van der Waals surface area contributed by atoms with Gasteiger partial charge in [0.05, 0.1) is 25.5 Å². The zero-order chi connectivity index (χ0) is 20.2. The van der Waals surface area contributed by atoms with Gasteiger partial charge in [-0.05, 0) is 30.3 Å². The van der Waals surface area contributed by atoms with E-state index in [0.29, 0.717) is 40.8 Å². The quantitative estimate of drug-likeness (QED) is 0.605. The molecule has 7 nitrogen and oxygen atoms in total. The molecular formula is C22H25ClN4O3. The molecule has 8 heteroatoms. The molecule has 158 valence electrons. The standard InChI is InChI=1S/C22H24N4O3.ClH/c1-28-17-8-9-20(29-2)18(10-17)21-19(22(27)24-13-15-11-23-12-15)14-26(25-21)16-6-4-3-5-7-16;/h3-10,14-15,23H,11-13H2,1-2H3,(H,24,27);1H. The average Bonchev–Trinajstić information content (AvgIpc) is 3.18. The molecule has 1 fully saturated rings. The number of carbonyl (C=O) groups is 1. The zero-order valence-corrected chi connectivity index (χ0v) is 17.7. The lowest BCUT2D eigenvalue weighted by atomic mass is 10.0. The fourth-order valence-electron chi connectivity index (χ4n) is 3.28. The van der Waals surface area contributed by atoms with Crippen LogP contribution in [-0.4, -0.2) is 49.5 Å². The number of nitrogens with one attached hydrogen (secondary N) is 2. The molecule has 1 aliphatic heterocycles. The highest BCUT2D eigenvalue weighted by atomic mass is 35.5. The number of benzene rings is 2. The van der Waals surface area contributed by atoms with E-state index in [1.165, 1.54) is 0 Å². The van der Waals surface area contributed by atoms with Gasteiger partial charge in [0.2, 0.25) is 0 Å². The van der Waals surface area contributed by atoms with Crippen LogP contribution in [0.2, 0.25) is 0 Å². The first-order chi connectivity index (χ1) is 14.2. The number of para-hydroxylation sites is 1. The summed E-state index contributed by atoms with van der Waals surface area (Å²) in [5.41, 5.74) is 2.62. The summed E-state index contributed by atoms with van der Waals surface area (Å²) in [6.45, 7) is 2.50. The van der Waals surface area contributed by atoms with E-state index >= 15 is 0 Å². The SMILES string of the molecule is COc1ccc(OC)c(-c2nn(-c3ccccc3)cc2C(=O)NCC2CNC2)c1.Cl. The summed E-state index contributed by atoms with van der Waals surface area (Å²) >= 11 is 0. The minimum absolute atomic E-state index is 0. The third kappa shape index (κ3) is 4.42. The molecule has 2 N–H and O–H groups in total. The number of aromatic nitrogens is 2. The molecule has 1 saturated heterocycles. The minimum Gasteiger partial charge on any atom is -0.497 e. The molecule has 2 aromatic carbocycles. The van der Waals surface area contributed by atoms with E-state index in [1.807, 2.05) is 48.5 Å². The Labute approximate surface area is 181 Å². The number of methoxy groups -OCH3 is 2. The minimum atomic E-state index is -0.154. The summed E-state index contributed by atoms with van der Waals surface area (Å²) in [7, 11) is 3.21. The third-order valence-corrected chi connectivity index (χ3v) is 5.06. The third-order valence-electron chi connectivity index (χ3n) is 5.06. The Balaban J connectivity index is 0.00000256. The fraction of sp³-hybridized carbons (Fsp3) is 0.273. The number of amides is 1. The molecule has 1 aromatic heterocycles. The zero-order valence-electron chi connectivity index (χ0n) is 16.9. The van der Waals surface area contributed by atoms with E-state index in [-0.39, 0.29) is 18.3 Å². The lowest BCUT2D eigenvalue weighted by molar-refractivity contribution is 0.0943. The van der Waals surface area contributed by atoms with Crippen molar-refractivity contribution in [3.05, 3.63) is 60.3 Å². The normalized spacial score (nSPS) is 13.1. The average molecular weight is 429 g/mol. The smallest absolute Gasteiger partial charge is 0.255 e. The van der Waals surface area contributed by atoms with E-state index in [1.54, 1.807) is 25.1 Å². The highest BCUT2D eigenvalue weighted by Gasteiger charge is 2.23. The van der Waals surface area contributed by atoms with E-state index < -0.39 is 0 Å². The van der Waals surface area contributed by atoms with Gasteiger partial charge in [-0.3, -0.25) is 4.79 Å². The molecule has 0 radical (unpaired) electrons. The van der Waals surface area contributed by atoms with Crippen molar-refractivity contribution in [2.45, 2.75) is 0 Å². The largest absolute Gasteiger partial charge is 0.497 e. The summed E-state index contributed by atoms with van der Waals surface area (Å²) in [4.78, 5) is 13.0. The van der Waals surface area contributed by atoms with Crippen molar-refractivity contribution in [3.63, 3.8) is 0 Å². The number of hydrogen-bond acceptors (Lipinski definition) is 5. The van der Waals surface area contributed by atoms with Gasteiger partial charge in [0.15, 0.2) is 0 Å². The Morgan fingerprint density at radius 2 is 1.93 bits per heavy atom. The summed E-state index contributed by atoms with van der Waals surface area (Å²) < 4.78 is 12.6. The van der Waals surface area contributed by atoms with Crippen molar-refractivity contribution in [1.82, 2.24) is 20.4 Å². The lowest BCUT2D eigenvalue weighted by Crippen LogP contribution is -2.48. The van der Waals surface area contributed by atoms with Gasteiger partial charge >= 0.3 is 0 Å². The van der Waals surface area contributed by atoms with Gasteiger partial charge in [-0.2, -0.15) is 5.10 Å². The maximum absolute atomic E-state index is 13.0.